The van der Waals surface area contributed by atoms with Crippen molar-refractivity contribution in [3.05, 3.63) is 48.6 Å². The molecule has 0 amide bonds. The first-order chi connectivity index (χ1) is 10.4. The van der Waals surface area contributed by atoms with Crippen molar-refractivity contribution in [2.45, 2.75) is 32.9 Å². The molecule has 3 fully saturated rings. The molecular formula is C20H24Zr. The molecule has 5 aliphatic rings. The third kappa shape index (κ3) is 2.10. The van der Waals surface area contributed by atoms with Crippen molar-refractivity contribution < 1.29 is 23.2 Å². The van der Waals surface area contributed by atoms with Crippen LogP contribution in [0.3, 0.4) is 0 Å². The molecule has 0 aromatic heterocycles. The molecule has 0 radical (unpaired) electrons. The minimum atomic E-state index is -0.301. The topological polar surface area (TPSA) is 0 Å². The summed E-state index contributed by atoms with van der Waals surface area (Å²) < 4.78 is 2.29. The molecule has 8 unspecified atom stereocenters. The van der Waals surface area contributed by atoms with Gasteiger partial charge >= 0.3 is 140 Å². The van der Waals surface area contributed by atoms with Gasteiger partial charge < -0.3 is 0 Å². The van der Waals surface area contributed by atoms with Gasteiger partial charge in [-0.15, -0.1) is 0 Å². The van der Waals surface area contributed by atoms with Gasteiger partial charge in [-0.25, -0.2) is 0 Å². The average molecular weight is 356 g/mol. The third-order valence-corrected chi connectivity index (χ3v) is 13.0. The standard InChI is InChI=1S/C20H24.Zr/c1-2-6-18-12-15(11-17(18)5-1)9-10-16-13-19-7-3-4-8-20(19)14-16;/h1-8,11,13,15-20H,9-10,12,14H2;. The molecule has 4 aliphatic carbocycles. The van der Waals surface area contributed by atoms with E-state index >= 15 is 0 Å². The van der Waals surface area contributed by atoms with E-state index in [0.29, 0.717) is 0 Å². The van der Waals surface area contributed by atoms with Crippen molar-refractivity contribution in [3.8, 4) is 0 Å². The van der Waals surface area contributed by atoms with Crippen molar-refractivity contribution in [2.75, 3.05) is 0 Å². The van der Waals surface area contributed by atoms with Crippen LogP contribution < -0.4 is 0 Å². The monoisotopic (exact) mass is 354 g/mol. The average Bonchev–Trinajstić information content (AvgIpc) is 3.00. The number of hydrogen-bond acceptors (Lipinski definition) is 0. The Balaban J connectivity index is 1.44. The molecular weight excluding hydrogens is 331 g/mol. The van der Waals surface area contributed by atoms with E-state index in [9.17, 15) is 0 Å². The Morgan fingerprint density at radius 2 is 1.10 bits per heavy atom. The Morgan fingerprint density at radius 3 is 1.62 bits per heavy atom. The molecule has 21 heavy (non-hydrogen) atoms. The summed E-state index contributed by atoms with van der Waals surface area (Å²) in [5.41, 5.74) is 0. The molecule has 1 saturated heterocycles. The zero-order valence-corrected chi connectivity index (χ0v) is 15.0. The van der Waals surface area contributed by atoms with Gasteiger partial charge in [0.05, 0.1) is 0 Å². The summed E-state index contributed by atoms with van der Waals surface area (Å²) >= 11 is -0.301. The molecule has 0 bridgehead atoms. The van der Waals surface area contributed by atoms with Gasteiger partial charge in [0, 0.05) is 0 Å². The van der Waals surface area contributed by atoms with Gasteiger partial charge in [-0.05, 0) is 0 Å². The number of rotatable bonds is 0. The van der Waals surface area contributed by atoms with Crippen LogP contribution in [0.5, 0.6) is 0 Å². The van der Waals surface area contributed by atoms with Gasteiger partial charge in [-0.1, -0.05) is 0 Å². The minimum absolute atomic E-state index is 0.301. The van der Waals surface area contributed by atoms with Crippen molar-refractivity contribution >= 4 is 0 Å². The molecule has 0 nitrogen and oxygen atoms in total. The van der Waals surface area contributed by atoms with Crippen molar-refractivity contribution in [1.82, 2.24) is 0 Å². The van der Waals surface area contributed by atoms with Crippen LogP contribution in [0.1, 0.15) is 25.7 Å². The van der Waals surface area contributed by atoms with Crippen LogP contribution in [-0.4, -0.2) is 0 Å². The Hall–Kier alpha value is -0.157. The summed E-state index contributed by atoms with van der Waals surface area (Å²) in [6, 6.07) is 0. The molecule has 0 aromatic carbocycles. The Labute approximate surface area is 140 Å². The van der Waals surface area contributed by atoms with E-state index in [1.165, 1.54) is 12.8 Å². The molecule has 0 aromatic rings. The van der Waals surface area contributed by atoms with E-state index < -0.39 is 0 Å². The summed E-state index contributed by atoms with van der Waals surface area (Å²) in [5.74, 6) is 5.86. The normalized spacial score (nSPS) is 52.6. The SMILES string of the molecule is C1=CC2CC3CCC4CC5C=CC=CC5[CH]4[Zr][CH]3C2C=C1. The van der Waals surface area contributed by atoms with Gasteiger partial charge in [0.25, 0.3) is 0 Å². The van der Waals surface area contributed by atoms with Gasteiger partial charge in [0.15, 0.2) is 0 Å². The van der Waals surface area contributed by atoms with Gasteiger partial charge in [-0.2, -0.15) is 0 Å². The maximum atomic E-state index is 2.58. The Kier molecular flexibility index (Phi) is 3.29. The molecule has 108 valence electrons. The second-order valence-electron chi connectivity index (χ2n) is 7.81. The van der Waals surface area contributed by atoms with Crippen molar-refractivity contribution in [1.29, 1.82) is 0 Å². The first kappa shape index (κ1) is 13.3. The van der Waals surface area contributed by atoms with Crippen LogP contribution in [0.2, 0.25) is 7.25 Å². The number of hydrogen-bond donors (Lipinski definition) is 0. The number of fused-ring (bicyclic) bond motifs is 6. The van der Waals surface area contributed by atoms with Crippen LogP contribution in [0, 0.1) is 35.5 Å². The molecule has 8 atom stereocenters. The molecule has 1 heteroatoms. The zero-order chi connectivity index (χ0) is 13.8. The van der Waals surface area contributed by atoms with Crippen LogP contribution in [0.25, 0.3) is 0 Å². The predicted octanol–water partition coefficient (Wildman–Crippen LogP) is 5.20. The van der Waals surface area contributed by atoms with E-state index in [0.717, 1.165) is 42.8 Å². The van der Waals surface area contributed by atoms with E-state index in [4.69, 9.17) is 0 Å². The summed E-state index contributed by atoms with van der Waals surface area (Å²) in [4.78, 5) is 0. The van der Waals surface area contributed by atoms with E-state index in [-0.39, 0.29) is 23.2 Å². The maximum absolute atomic E-state index is 2.58. The molecule has 0 N–H and O–H groups in total. The van der Waals surface area contributed by atoms with Gasteiger partial charge in [-0.3, -0.25) is 0 Å². The zero-order valence-electron chi connectivity index (χ0n) is 12.6. The van der Waals surface area contributed by atoms with Crippen LogP contribution >= 0.6 is 0 Å². The predicted molar refractivity (Wildman–Crippen MR) is 83.5 cm³/mol. The summed E-state index contributed by atoms with van der Waals surface area (Å²) in [6.07, 6.45) is 25.6. The van der Waals surface area contributed by atoms with Crippen molar-refractivity contribution in [2.24, 2.45) is 35.5 Å². The summed E-state index contributed by atoms with van der Waals surface area (Å²) in [5, 5.41) is 0. The molecule has 2 saturated carbocycles. The van der Waals surface area contributed by atoms with Crippen molar-refractivity contribution in [3.63, 3.8) is 0 Å². The second kappa shape index (κ2) is 5.19. The third-order valence-electron chi connectivity index (χ3n) is 6.88. The Bertz CT molecular complexity index is 492. The molecule has 1 heterocycles. The van der Waals surface area contributed by atoms with Crippen LogP contribution in [0.4, 0.5) is 0 Å². The first-order valence-corrected chi connectivity index (χ1v) is 11.7. The molecule has 0 spiro atoms. The first-order valence-electron chi connectivity index (χ1n) is 8.86. The quantitative estimate of drug-likeness (QED) is 0.560. The van der Waals surface area contributed by atoms with Gasteiger partial charge in [0.1, 0.15) is 0 Å². The van der Waals surface area contributed by atoms with E-state index in [1.807, 2.05) is 0 Å². The van der Waals surface area contributed by atoms with Crippen LogP contribution in [-0.2, 0) is 23.2 Å². The summed E-state index contributed by atoms with van der Waals surface area (Å²) in [6.45, 7) is 0. The fourth-order valence-electron chi connectivity index (χ4n) is 5.94. The van der Waals surface area contributed by atoms with E-state index in [1.54, 1.807) is 12.8 Å². The molecule has 5 rings (SSSR count). The fourth-order valence-corrected chi connectivity index (χ4v) is 12.7. The van der Waals surface area contributed by atoms with E-state index in [2.05, 4.69) is 48.6 Å². The van der Waals surface area contributed by atoms with Gasteiger partial charge in [0.2, 0.25) is 0 Å². The molecule has 1 aliphatic heterocycles. The second-order valence-corrected chi connectivity index (χ2v) is 11.9. The fraction of sp³-hybridized carbons (Fsp3) is 0.600. The Morgan fingerprint density at radius 1 is 0.619 bits per heavy atom. The van der Waals surface area contributed by atoms with Crippen LogP contribution in [0.15, 0.2) is 48.6 Å². The number of allylic oxidation sites excluding steroid dienone is 8. The summed E-state index contributed by atoms with van der Waals surface area (Å²) in [7, 11) is 0.